The van der Waals surface area contributed by atoms with Gasteiger partial charge < -0.3 is 24.8 Å². The van der Waals surface area contributed by atoms with Gasteiger partial charge in [0.05, 0.1) is 31.0 Å². The number of phenols is 1. The number of phenolic OH excluding ortho intramolecular Hbond substituents is 1. The topological polar surface area (TPSA) is 105 Å². The van der Waals surface area contributed by atoms with Crippen LogP contribution in [0.2, 0.25) is 0 Å². The Kier molecular flexibility index (Phi) is 6.01. The minimum absolute atomic E-state index is 0.0315. The van der Waals surface area contributed by atoms with E-state index in [-0.39, 0.29) is 35.9 Å². The molecule has 0 radical (unpaired) electrons. The summed E-state index contributed by atoms with van der Waals surface area (Å²) in [4.78, 5) is 38.5. The molecule has 8 nitrogen and oxygen atoms in total. The lowest BCUT2D eigenvalue weighted by molar-refractivity contribution is -0.122. The van der Waals surface area contributed by atoms with Gasteiger partial charge in [-0.3, -0.25) is 9.59 Å². The van der Waals surface area contributed by atoms with Crippen LogP contribution in [0.15, 0.2) is 42.5 Å². The van der Waals surface area contributed by atoms with Crippen molar-refractivity contribution in [1.82, 2.24) is 0 Å². The van der Waals surface area contributed by atoms with E-state index in [0.29, 0.717) is 18.0 Å². The molecule has 2 amide bonds. The predicted octanol–water partition coefficient (Wildman–Crippen LogP) is 2.57. The van der Waals surface area contributed by atoms with Crippen LogP contribution in [0.5, 0.6) is 11.5 Å². The molecule has 0 bridgehead atoms. The number of amides is 2. The smallest absolute Gasteiger partial charge is 0.341 e. The van der Waals surface area contributed by atoms with Crippen molar-refractivity contribution in [3.63, 3.8) is 0 Å². The molecule has 1 unspecified atom stereocenters. The number of hydrogen-bond acceptors (Lipinski definition) is 6. The summed E-state index contributed by atoms with van der Waals surface area (Å²) in [6, 6.07) is 11.5. The molecular formula is C21H22N2O6. The monoisotopic (exact) mass is 398 g/mol. The highest BCUT2D eigenvalue weighted by Crippen LogP contribution is 2.34. The van der Waals surface area contributed by atoms with Crippen LogP contribution in [0.3, 0.4) is 0 Å². The number of anilines is 2. The van der Waals surface area contributed by atoms with Crippen molar-refractivity contribution in [3.05, 3.63) is 48.0 Å². The third-order valence-electron chi connectivity index (χ3n) is 4.65. The van der Waals surface area contributed by atoms with Gasteiger partial charge in [-0.05, 0) is 31.2 Å². The zero-order valence-electron chi connectivity index (χ0n) is 16.2. The Morgan fingerprint density at radius 2 is 1.97 bits per heavy atom. The van der Waals surface area contributed by atoms with E-state index in [9.17, 15) is 19.5 Å². The molecule has 2 aromatic rings. The van der Waals surface area contributed by atoms with Crippen molar-refractivity contribution in [3.8, 4) is 11.5 Å². The Morgan fingerprint density at radius 1 is 1.21 bits per heavy atom. The Morgan fingerprint density at radius 3 is 2.69 bits per heavy atom. The third-order valence-corrected chi connectivity index (χ3v) is 4.65. The first kappa shape index (κ1) is 20.2. The van der Waals surface area contributed by atoms with Crippen LogP contribution >= 0.6 is 0 Å². The normalized spacial score (nSPS) is 15.9. The Bertz CT molecular complexity index is 943. The molecule has 0 saturated carbocycles. The molecule has 2 N–H and O–H groups in total. The average molecular weight is 398 g/mol. The van der Waals surface area contributed by atoms with E-state index in [1.165, 1.54) is 30.2 Å². The third kappa shape index (κ3) is 4.16. The maximum absolute atomic E-state index is 12.7. The van der Waals surface area contributed by atoms with Crippen LogP contribution in [0.25, 0.3) is 0 Å². The van der Waals surface area contributed by atoms with Crippen LogP contribution in [-0.4, -0.2) is 43.2 Å². The first-order valence-electron chi connectivity index (χ1n) is 9.19. The number of nitrogens with one attached hydrogen (secondary N) is 1. The number of aromatic hydroxyl groups is 1. The van der Waals surface area contributed by atoms with Crippen molar-refractivity contribution in [2.45, 2.75) is 13.3 Å². The summed E-state index contributed by atoms with van der Waals surface area (Å²) in [7, 11) is 1.20. The van der Waals surface area contributed by atoms with Crippen LogP contribution in [0, 0.1) is 5.92 Å². The highest BCUT2D eigenvalue weighted by molar-refractivity contribution is 6.05. The summed E-state index contributed by atoms with van der Waals surface area (Å²) < 4.78 is 10.2. The van der Waals surface area contributed by atoms with Gasteiger partial charge in [0, 0.05) is 13.0 Å². The number of rotatable bonds is 6. The maximum atomic E-state index is 12.7. The predicted molar refractivity (Wildman–Crippen MR) is 106 cm³/mol. The van der Waals surface area contributed by atoms with E-state index in [4.69, 9.17) is 4.74 Å². The van der Waals surface area contributed by atoms with Crippen molar-refractivity contribution in [1.29, 1.82) is 0 Å². The summed E-state index contributed by atoms with van der Waals surface area (Å²) in [5.74, 6) is -1.74. The fraction of sp³-hybridized carbons (Fsp3) is 0.286. The molecule has 1 saturated heterocycles. The number of carbonyl (C=O) groups excluding carboxylic acids is 3. The number of hydrogen-bond donors (Lipinski definition) is 2. The summed E-state index contributed by atoms with van der Waals surface area (Å²) in [5.41, 5.74) is 0.642. The molecule has 0 aromatic heterocycles. The lowest BCUT2D eigenvalue weighted by Crippen LogP contribution is -2.28. The SMILES string of the molecule is CCOc1ccccc1N1CC(C(=O)Nc2cccc(C(=O)OC)c2O)CC1=O. The molecule has 1 aliphatic rings. The van der Waals surface area contributed by atoms with Gasteiger partial charge in [0.25, 0.3) is 0 Å². The van der Waals surface area contributed by atoms with Gasteiger partial charge in [-0.2, -0.15) is 0 Å². The molecule has 152 valence electrons. The summed E-state index contributed by atoms with van der Waals surface area (Å²) in [5, 5.41) is 12.8. The highest BCUT2D eigenvalue weighted by Gasteiger charge is 2.36. The largest absolute Gasteiger partial charge is 0.505 e. The second kappa shape index (κ2) is 8.64. The van der Waals surface area contributed by atoms with Gasteiger partial charge in [0.15, 0.2) is 5.75 Å². The van der Waals surface area contributed by atoms with E-state index in [2.05, 4.69) is 10.1 Å². The molecule has 1 heterocycles. The van der Waals surface area contributed by atoms with E-state index in [0.717, 1.165) is 0 Å². The summed E-state index contributed by atoms with van der Waals surface area (Å²) in [6.45, 7) is 2.50. The Labute approximate surface area is 168 Å². The number of esters is 1. The average Bonchev–Trinajstić information content (AvgIpc) is 3.11. The molecule has 1 atom stereocenters. The van der Waals surface area contributed by atoms with Crippen molar-refractivity contribution < 1.29 is 29.0 Å². The minimum Gasteiger partial charge on any atom is -0.505 e. The zero-order valence-corrected chi connectivity index (χ0v) is 16.2. The van der Waals surface area contributed by atoms with E-state index < -0.39 is 17.8 Å². The number of ether oxygens (including phenoxy) is 2. The van der Waals surface area contributed by atoms with Crippen LogP contribution in [0.1, 0.15) is 23.7 Å². The van der Waals surface area contributed by atoms with Crippen LogP contribution in [-0.2, 0) is 14.3 Å². The lowest BCUT2D eigenvalue weighted by Gasteiger charge is -2.20. The molecule has 1 fully saturated rings. The number of benzene rings is 2. The van der Waals surface area contributed by atoms with Gasteiger partial charge in [-0.1, -0.05) is 18.2 Å². The molecule has 0 spiro atoms. The lowest BCUT2D eigenvalue weighted by atomic mass is 10.1. The van der Waals surface area contributed by atoms with E-state index >= 15 is 0 Å². The first-order chi connectivity index (χ1) is 14.0. The van der Waals surface area contributed by atoms with Gasteiger partial charge >= 0.3 is 5.97 Å². The number of carbonyl (C=O) groups is 3. The summed E-state index contributed by atoms with van der Waals surface area (Å²) in [6.07, 6.45) is 0.0315. The van der Waals surface area contributed by atoms with Crippen molar-refractivity contribution in [2.75, 3.05) is 30.5 Å². The zero-order chi connectivity index (χ0) is 21.0. The number of nitrogens with zero attached hydrogens (tertiary/aromatic N) is 1. The molecule has 3 rings (SSSR count). The van der Waals surface area contributed by atoms with Gasteiger partial charge in [0.2, 0.25) is 11.8 Å². The van der Waals surface area contributed by atoms with Gasteiger partial charge in [0.1, 0.15) is 11.3 Å². The molecule has 29 heavy (non-hydrogen) atoms. The Balaban J connectivity index is 1.76. The van der Waals surface area contributed by atoms with Gasteiger partial charge in [-0.15, -0.1) is 0 Å². The fourth-order valence-electron chi connectivity index (χ4n) is 3.23. The van der Waals surface area contributed by atoms with Gasteiger partial charge in [-0.25, -0.2) is 4.79 Å². The van der Waals surface area contributed by atoms with Crippen molar-refractivity contribution in [2.24, 2.45) is 5.92 Å². The highest BCUT2D eigenvalue weighted by atomic mass is 16.5. The fourth-order valence-corrected chi connectivity index (χ4v) is 3.23. The van der Waals surface area contributed by atoms with Crippen molar-refractivity contribution >= 4 is 29.2 Å². The second-order valence-corrected chi connectivity index (χ2v) is 6.49. The number of methoxy groups -OCH3 is 1. The number of para-hydroxylation sites is 3. The van der Waals surface area contributed by atoms with Crippen LogP contribution in [0.4, 0.5) is 11.4 Å². The van der Waals surface area contributed by atoms with E-state index in [1.54, 1.807) is 18.2 Å². The Hall–Kier alpha value is -3.55. The molecule has 1 aliphatic heterocycles. The quantitative estimate of drug-likeness (QED) is 0.572. The standard InChI is InChI=1S/C21H22N2O6/c1-3-29-17-10-5-4-9-16(17)23-12-13(11-18(23)24)20(26)22-15-8-6-7-14(19(15)25)21(27)28-2/h4-10,13,25H,3,11-12H2,1-2H3,(H,22,26). The second-order valence-electron chi connectivity index (χ2n) is 6.49. The molecule has 8 heteroatoms. The summed E-state index contributed by atoms with van der Waals surface area (Å²) >= 11 is 0. The maximum Gasteiger partial charge on any atom is 0.341 e. The molecular weight excluding hydrogens is 376 g/mol. The minimum atomic E-state index is -0.714. The molecule has 0 aliphatic carbocycles. The van der Waals surface area contributed by atoms with Crippen LogP contribution < -0.4 is 15.0 Å². The van der Waals surface area contributed by atoms with E-state index in [1.807, 2.05) is 13.0 Å². The molecule has 2 aromatic carbocycles. The first-order valence-corrected chi connectivity index (χ1v) is 9.19.